The van der Waals surface area contributed by atoms with Crippen molar-refractivity contribution in [3.8, 4) is 0 Å². The highest BCUT2D eigenvalue weighted by molar-refractivity contribution is 7.00. The smallest absolute Gasteiger partial charge is 0.243 e. The van der Waals surface area contributed by atoms with Crippen LogP contribution in [0.2, 0.25) is 0 Å². The third-order valence-electron chi connectivity index (χ3n) is 3.03. The molecule has 2 aromatic carbocycles. The minimum Gasteiger partial charge on any atom is -0.376 e. The molecule has 0 fully saturated rings. The van der Waals surface area contributed by atoms with Gasteiger partial charge in [-0.25, -0.2) is 0 Å². The molecular formula is C15H14N4OS. The van der Waals surface area contributed by atoms with Crippen LogP contribution in [0.1, 0.15) is 5.56 Å². The molecule has 3 aromatic rings. The van der Waals surface area contributed by atoms with Crippen LogP contribution in [0.4, 0.5) is 11.4 Å². The zero-order chi connectivity index (χ0) is 14.7. The Morgan fingerprint density at radius 2 is 2.05 bits per heavy atom. The van der Waals surface area contributed by atoms with Gasteiger partial charge in [-0.1, -0.05) is 18.2 Å². The molecule has 0 atom stereocenters. The fourth-order valence-corrected chi connectivity index (χ4v) is 2.59. The number of nitrogens with zero attached hydrogens (tertiary/aromatic N) is 2. The first-order valence-electron chi connectivity index (χ1n) is 6.54. The summed E-state index contributed by atoms with van der Waals surface area (Å²) in [6, 6.07) is 13.5. The molecule has 6 heteroatoms. The quantitative estimate of drug-likeness (QED) is 0.777. The van der Waals surface area contributed by atoms with Gasteiger partial charge in [-0.15, -0.1) is 0 Å². The minimum atomic E-state index is -0.114. The van der Waals surface area contributed by atoms with Crippen LogP contribution in [-0.4, -0.2) is 21.2 Å². The van der Waals surface area contributed by atoms with Crippen molar-refractivity contribution in [2.45, 2.75) is 6.92 Å². The number of benzene rings is 2. The van der Waals surface area contributed by atoms with E-state index in [1.807, 2.05) is 49.4 Å². The summed E-state index contributed by atoms with van der Waals surface area (Å²) in [5, 5.41) is 5.96. The fourth-order valence-electron chi connectivity index (χ4n) is 2.04. The highest BCUT2D eigenvalue weighted by Gasteiger charge is 2.08. The van der Waals surface area contributed by atoms with Crippen LogP contribution in [0.3, 0.4) is 0 Å². The SMILES string of the molecule is Cc1cccc(NCC(=O)Nc2cccc3nsnc23)c1. The molecule has 0 aliphatic rings. The van der Waals surface area contributed by atoms with Crippen LogP contribution >= 0.6 is 11.7 Å². The molecule has 0 bridgehead atoms. The average Bonchev–Trinajstić information content (AvgIpc) is 2.95. The van der Waals surface area contributed by atoms with Gasteiger partial charge in [-0.05, 0) is 36.8 Å². The number of aryl methyl sites for hydroxylation is 1. The lowest BCUT2D eigenvalue weighted by Gasteiger charge is -2.08. The Morgan fingerprint density at radius 3 is 2.90 bits per heavy atom. The van der Waals surface area contributed by atoms with Crippen molar-refractivity contribution in [3.05, 3.63) is 48.0 Å². The second kappa shape index (κ2) is 5.88. The van der Waals surface area contributed by atoms with E-state index in [2.05, 4.69) is 19.4 Å². The summed E-state index contributed by atoms with van der Waals surface area (Å²) < 4.78 is 8.35. The third kappa shape index (κ3) is 3.17. The topological polar surface area (TPSA) is 66.9 Å². The summed E-state index contributed by atoms with van der Waals surface area (Å²) in [5.41, 5.74) is 4.30. The van der Waals surface area contributed by atoms with Gasteiger partial charge in [-0.3, -0.25) is 4.79 Å². The van der Waals surface area contributed by atoms with E-state index >= 15 is 0 Å². The van der Waals surface area contributed by atoms with Crippen molar-refractivity contribution < 1.29 is 4.79 Å². The van der Waals surface area contributed by atoms with E-state index in [0.717, 1.165) is 34.0 Å². The first-order valence-corrected chi connectivity index (χ1v) is 7.27. The number of hydrogen-bond donors (Lipinski definition) is 2. The average molecular weight is 298 g/mol. The first kappa shape index (κ1) is 13.5. The summed E-state index contributed by atoms with van der Waals surface area (Å²) in [6.45, 7) is 2.22. The van der Waals surface area contributed by atoms with E-state index in [9.17, 15) is 4.79 Å². The number of aromatic nitrogens is 2. The van der Waals surface area contributed by atoms with E-state index < -0.39 is 0 Å². The van der Waals surface area contributed by atoms with Crippen molar-refractivity contribution in [2.75, 3.05) is 17.2 Å². The predicted molar refractivity (Wildman–Crippen MR) is 85.7 cm³/mol. The number of nitrogens with one attached hydrogen (secondary N) is 2. The molecule has 0 saturated carbocycles. The highest BCUT2D eigenvalue weighted by Crippen LogP contribution is 2.21. The second-order valence-corrected chi connectivity index (χ2v) is 5.24. The van der Waals surface area contributed by atoms with Crippen molar-refractivity contribution in [2.24, 2.45) is 0 Å². The van der Waals surface area contributed by atoms with Gasteiger partial charge in [0.1, 0.15) is 11.0 Å². The number of amides is 1. The van der Waals surface area contributed by atoms with Gasteiger partial charge < -0.3 is 10.6 Å². The first-order chi connectivity index (χ1) is 10.2. The summed E-state index contributed by atoms with van der Waals surface area (Å²) in [5.74, 6) is -0.114. The van der Waals surface area contributed by atoms with E-state index in [-0.39, 0.29) is 12.5 Å². The van der Waals surface area contributed by atoms with Crippen LogP contribution in [0, 0.1) is 6.92 Å². The molecule has 1 amide bonds. The number of anilines is 2. The molecule has 2 N–H and O–H groups in total. The van der Waals surface area contributed by atoms with E-state index in [4.69, 9.17) is 0 Å². The largest absolute Gasteiger partial charge is 0.376 e. The lowest BCUT2D eigenvalue weighted by atomic mass is 10.2. The van der Waals surface area contributed by atoms with Gasteiger partial charge in [0.2, 0.25) is 5.91 Å². The van der Waals surface area contributed by atoms with Gasteiger partial charge in [0.25, 0.3) is 0 Å². The maximum Gasteiger partial charge on any atom is 0.243 e. The van der Waals surface area contributed by atoms with Gasteiger partial charge in [0.05, 0.1) is 24.0 Å². The van der Waals surface area contributed by atoms with E-state index in [1.54, 1.807) is 0 Å². The Morgan fingerprint density at radius 1 is 1.19 bits per heavy atom. The molecule has 1 heterocycles. The van der Waals surface area contributed by atoms with Gasteiger partial charge in [0, 0.05) is 5.69 Å². The third-order valence-corrected chi connectivity index (χ3v) is 3.57. The molecule has 0 aliphatic carbocycles. The molecule has 5 nitrogen and oxygen atoms in total. The van der Waals surface area contributed by atoms with Gasteiger partial charge in [0.15, 0.2) is 0 Å². The van der Waals surface area contributed by atoms with Crippen LogP contribution in [0.5, 0.6) is 0 Å². The molecule has 1 aromatic heterocycles. The Kier molecular flexibility index (Phi) is 3.79. The van der Waals surface area contributed by atoms with E-state index in [0.29, 0.717) is 5.69 Å². The lowest BCUT2D eigenvalue weighted by Crippen LogP contribution is -2.21. The highest BCUT2D eigenvalue weighted by atomic mass is 32.1. The van der Waals surface area contributed by atoms with E-state index in [1.165, 1.54) is 0 Å². The number of fused-ring (bicyclic) bond motifs is 1. The standard InChI is InChI=1S/C15H14N4OS/c1-10-4-2-5-11(8-10)16-9-14(20)17-12-6-3-7-13-15(12)19-21-18-13/h2-8,16H,9H2,1H3,(H,17,20). The normalized spacial score (nSPS) is 10.5. The molecule has 3 rings (SSSR count). The van der Waals surface area contributed by atoms with Crippen molar-refractivity contribution >= 4 is 40.0 Å². The number of hydrogen-bond acceptors (Lipinski definition) is 5. The van der Waals surface area contributed by atoms with Crippen LogP contribution < -0.4 is 10.6 Å². The maximum absolute atomic E-state index is 12.0. The summed E-state index contributed by atoms with van der Waals surface area (Å²) in [6.07, 6.45) is 0. The van der Waals surface area contributed by atoms with Gasteiger partial charge in [-0.2, -0.15) is 8.75 Å². The molecule has 0 unspecified atom stereocenters. The molecule has 0 aliphatic heterocycles. The Labute approximate surface area is 126 Å². The molecule has 0 radical (unpaired) electrons. The fraction of sp³-hybridized carbons (Fsp3) is 0.133. The Balaban J connectivity index is 1.65. The van der Waals surface area contributed by atoms with Crippen LogP contribution in [0.25, 0.3) is 11.0 Å². The number of rotatable bonds is 4. The minimum absolute atomic E-state index is 0.114. The Bertz CT molecular complexity index is 784. The van der Waals surface area contributed by atoms with Gasteiger partial charge >= 0.3 is 0 Å². The summed E-state index contributed by atoms with van der Waals surface area (Å²) in [4.78, 5) is 12.0. The molecule has 0 saturated heterocycles. The number of carbonyl (C=O) groups is 1. The Hall–Kier alpha value is -2.47. The molecule has 21 heavy (non-hydrogen) atoms. The van der Waals surface area contributed by atoms with Crippen molar-refractivity contribution in [3.63, 3.8) is 0 Å². The predicted octanol–water partition coefficient (Wildman–Crippen LogP) is 3.05. The monoisotopic (exact) mass is 298 g/mol. The number of carbonyl (C=O) groups excluding carboxylic acids is 1. The zero-order valence-electron chi connectivity index (χ0n) is 11.5. The second-order valence-electron chi connectivity index (χ2n) is 4.71. The van der Waals surface area contributed by atoms with Crippen molar-refractivity contribution in [1.82, 2.24) is 8.75 Å². The lowest BCUT2D eigenvalue weighted by molar-refractivity contribution is -0.114. The zero-order valence-corrected chi connectivity index (χ0v) is 12.3. The maximum atomic E-state index is 12.0. The summed E-state index contributed by atoms with van der Waals surface area (Å²) >= 11 is 1.14. The summed E-state index contributed by atoms with van der Waals surface area (Å²) in [7, 11) is 0. The van der Waals surface area contributed by atoms with Crippen molar-refractivity contribution in [1.29, 1.82) is 0 Å². The molecule has 106 valence electrons. The molecular weight excluding hydrogens is 284 g/mol. The van der Waals surface area contributed by atoms with Crippen LogP contribution in [-0.2, 0) is 4.79 Å². The van der Waals surface area contributed by atoms with Crippen LogP contribution in [0.15, 0.2) is 42.5 Å². The molecule has 0 spiro atoms.